The van der Waals surface area contributed by atoms with Crippen LogP contribution in [0.25, 0.3) is 10.9 Å². The highest BCUT2D eigenvalue weighted by Crippen LogP contribution is 2.26. The normalized spacial score (nSPS) is 10.9. The van der Waals surface area contributed by atoms with Crippen LogP contribution in [0.15, 0.2) is 29.8 Å². The molecule has 0 atom stereocenters. The zero-order valence-corrected chi connectivity index (χ0v) is 10.9. The van der Waals surface area contributed by atoms with Crippen molar-refractivity contribution in [2.45, 2.75) is 19.8 Å². The van der Waals surface area contributed by atoms with E-state index < -0.39 is 0 Å². The summed E-state index contributed by atoms with van der Waals surface area (Å²) in [4.78, 5) is 4.21. The molecule has 2 heterocycles. The molecule has 1 aromatic carbocycles. The number of aromatic nitrogens is 3. The summed E-state index contributed by atoms with van der Waals surface area (Å²) < 4.78 is 0. The minimum atomic E-state index is 0.845. The molecular weight excluding hydrogens is 244 g/mol. The standard InChI is InChI=1S/C13H14N4S/c1-2-3-9-4-5-11-10(8-9)12(17-16-11)15-13-14-6-7-18-13/h4-8H,2-3H2,1H3,(H2,14,15,16,17). The molecule has 0 aliphatic heterocycles. The van der Waals surface area contributed by atoms with E-state index in [0.29, 0.717) is 0 Å². The van der Waals surface area contributed by atoms with Gasteiger partial charge in [0, 0.05) is 17.0 Å². The number of H-pyrrole nitrogens is 1. The largest absolute Gasteiger partial charge is 0.314 e. The van der Waals surface area contributed by atoms with E-state index in [4.69, 9.17) is 0 Å². The SMILES string of the molecule is CCCc1ccc2[nH]nc(Nc3nccs3)c2c1. The van der Waals surface area contributed by atoms with Crippen molar-refractivity contribution < 1.29 is 0 Å². The van der Waals surface area contributed by atoms with Gasteiger partial charge in [0.15, 0.2) is 10.9 Å². The van der Waals surface area contributed by atoms with Crippen LogP contribution in [-0.2, 0) is 6.42 Å². The third kappa shape index (κ3) is 2.09. The summed E-state index contributed by atoms with van der Waals surface area (Å²) in [6.07, 6.45) is 4.03. The predicted octanol–water partition coefficient (Wildman–Crippen LogP) is 3.72. The predicted molar refractivity (Wildman–Crippen MR) is 75.5 cm³/mol. The van der Waals surface area contributed by atoms with Gasteiger partial charge in [-0.25, -0.2) is 4.98 Å². The topological polar surface area (TPSA) is 53.6 Å². The van der Waals surface area contributed by atoms with E-state index in [-0.39, 0.29) is 0 Å². The van der Waals surface area contributed by atoms with Gasteiger partial charge in [-0.1, -0.05) is 19.4 Å². The van der Waals surface area contributed by atoms with Gasteiger partial charge in [0.1, 0.15) is 0 Å². The number of aromatic amines is 1. The Morgan fingerprint density at radius 1 is 1.39 bits per heavy atom. The third-order valence-electron chi connectivity index (χ3n) is 2.82. The molecule has 0 saturated carbocycles. The van der Waals surface area contributed by atoms with Crippen LogP contribution in [0.4, 0.5) is 10.9 Å². The molecule has 4 nitrogen and oxygen atoms in total. The monoisotopic (exact) mass is 258 g/mol. The Hall–Kier alpha value is -1.88. The summed E-state index contributed by atoms with van der Waals surface area (Å²) in [6.45, 7) is 2.19. The van der Waals surface area contributed by atoms with Gasteiger partial charge in [-0.2, -0.15) is 5.10 Å². The maximum Gasteiger partial charge on any atom is 0.188 e. The summed E-state index contributed by atoms with van der Waals surface area (Å²) in [5.74, 6) is 0.845. The Balaban J connectivity index is 1.98. The molecule has 0 bridgehead atoms. The van der Waals surface area contributed by atoms with E-state index in [1.165, 1.54) is 5.56 Å². The van der Waals surface area contributed by atoms with Gasteiger partial charge in [0.05, 0.1) is 5.52 Å². The van der Waals surface area contributed by atoms with Crippen LogP contribution in [0, 0.1) is 0 Å². The molecule has 5 heteroatoms. The quantitative estimate of drug-likeness (QED) is 0.750. The van der Waals surface area contributed by atoms with Gasteiger partial charge in [-0.15, -0.1) is 11.3 Å². The van der Waals surface area contributed by atoms with Crippen molar-refractivity contribution in [2.24, 2.45) is 0 Å². The number of anilines is 2. The van der Waals surface area contributed by atoms with Crippen LogP contribution in [0.5, 0.6) is 0 Å². The Labute approximate surface area is 109 Å². The Morgan fingerprint density at radius 3 is 3.11 bits per heavy atom. The van der Waals surface area contributed by atoms with E-state index in [1.807, 2.05) is 5.38 Å². The number of hydrogen-bond acceptors (Lipinski definition) is 4. The van der Waals surface area contributed by atoms with Crippen molar-refractivity contribution in [1.29, 1.82) is 0 Å². The zero-order chi connectivity index (χ0) is 12.4. The van der Waals surface area contributed by atoms with Crippen LogP contribution in [0.2, 0.25) is 0 Å². The Kier molecular flexibility index (Phi) is 2.98. The molecule has 0 aliphatic carbocycles. The highest BCUT2D eigenvalue weighted by Gasteiger charge is 2.07. The first-order chi connectivity index (χ1) is 8.86. The number of benzene rings is 1. The van der Waals surface area contributed by atoms with Gasteiger partial charge in [-0.05, 0) is 24.1 Å². The highest BCUT2D eigenvalue weighted by atomic mass is 32.1. The lowest BCUT2D eigenvalue weighted by atomic mass is 10.1. The van der Waals surface area contributed by atoms with Crippen LogP contribution in [-0.4, -0.2) is 15.2 Å². The van der Waals surface area contributed by atoms with Crippen LogP contribution in [0.3, 0.4) is 0 Å². The van der Waals surface area contributed by atoms with Gasteiger partial charge in [-0.3, -0.25) is 5.10 Å². The van der Waals surface area contributed by atoms with Crippen molar-refractivity contribution in [3.8, 4) is 0 Å². The minimum Gasteiger partial charge on any atom is -0.314 e. The van der Waals surface area contributed by atoms with Crippen LogP contribution in [0.1, 0.15) is 18.9 Å². The molecular formula is C13H14N4S. The Bertz CT molecular complexity index is 642. The lowest BCUT2D eigenvalue weighted by Crippen LogP contribution is -1.90. The molecule has 18 heavy (non-hydrogen) atoms. The molecule has 92 valence electrons. The summed E-state index contributed by atoms with van der Waals surface area (Å²) in [6, 6.07) is 6.43. The number of thiazole rings is 1. The molecule has 0 aliphatic rings. The van der Waals surface area contributed by atoms with E-state index in [1.54, 1.807) is 17.5 Å². The molecule has 0 unspecified atom stereocenters. The lowest BCUT2D eigenvalue weighted by molar-refractivity contribution is 0.924. The first-order valence-corrected chi connectivity index (χ1v) is 6.88. The van der Waals surface area contributed by atoms with Crippen molar-refractivity contribution in [3.63, 3.8) is 0 Å². The summed E-state index contributed by atoms with van der Waals surface area (Å²) >= 11 is 1.57. The van der Waals surface area contributed by atoms with Gasteiger partial charge in [0.2, 0.25) is 0 Å². The molecule has 0 radical (unpaired) electrons. The second-order valence-corrected chi connectivity index (χ2v) is 5.06. The first kappa shape index (κ1) is 11.2. The smallest absolute Gasteiger partial charge is 0.188 e. The van der Waals surface area contributed by atoms with Gasteiger partial charge in [0.25, 0.3) is 0 Å². The van der Waals surface area contributed by atoms with E-state index >= 15 is 0 Å². The molecule has 0 fully saturated rings. The molecule has 2 N–H and O–H groups in total. The maximum absolute atomic E-state index is 4.30. The molecule has 2 aromatic heterocycles. The fourth-order valence-corrected chi connectivity index (χ4v) is 2.52. The number of rotatable bonds is 4. The zero-order valence-electron chi connectivity index (χ0n) is 10.1. The summed E-state index contributed by atoms with van der Waals surface area (Å²) in [7, 11) is 0. The fourth-order valence-electron chi connectivity index (χ4n) is 1.99. The highest BCUT2D eigenvalue weighted by molar-refractivity contribution is 7.13. The molecule has 0 saturated heterocycles. The van der Waals surface area contributed by atoms with Crippen molar-refractivity contribution in [2.75, 3.05) is 5.32 Å². The number of nitrogens with zero attached hydrogens (tertiary/aromatic N) is 2. The van der Waals surface area contributed by atoms with Crippen molar-refractivity contribution in [3.05, 3.63) is 35.3 Å². The molecule has 0 amide bonds. The lowest BCUT2D eigenvalue weighted by Gasteiger charge is -2.01. The van der Waals surface area contributed by atoms with Crippen molar-refractivity contribution in [1.82, 2.24) is 15.2 Å². The molecule has 3 rings (SSSR count). The van der Waals surface area contributed by atoms with Gasteiger partial charge < -0.3 is 5.32 Å². The van der Waals surface area contributed by atoms with E-state index in [9.17, 15) is 0 Å². The number of hydrogen-bond donors (Lipinski definition) is 2. The van der Waals surface area contributed by atoms with Crippen LogP contribution < -0.4 is 5.32 Å². The third-order valence-corrected chi connectivity index (χ3v) is 3.51. The average molecular weight is 258 g/mol. The van der Waals surface area contributed by atoms with Crippen LogP contribution >= 0.6 is 11.3 Å². The maximum atomic E-state index is 4.30. The summed E-state index contributed by atoms with van der Waals surface area (Å²) in [5, 5.41) is 14.5. The minimum absolute atomic E-state index is 0.845. The summed E-state index contributed by atoms with van der Waals surface area (Å²) in [5.41, 5.74) is 2.39. The average Bonchev–Trinajstić information content (AvgIpc) is 3.01. The molecule has 0 spiro atoms. The second kappa shape index (κ2) is 4.78. The second-order valence-electron chi connectivity index (χ2n) is 4.16. The van der Waals surface area contributed by atoms with Gasteiger partial charge >= 0.3 is 0 Å². The fraction of sp³-hybridized carbons (Fsp3) is 0.231. The number of aryl methyl sites for hydroxylation is 1. The Morgan fingerprint density at radius 2 is 2.33 bits per heavy atom. The number of fused-ring (bicyclic) bond motifs is 1. The van der Waals surface area contributed by atoms with E-state index in [2.05, 4.69) is 45.6 Å². The van der Waals surface area contributed by atoms with Crippen molar-refractivity contribution >= 4 is 33.2 Å². The first-order valence-electron chi connectivity index (χ1n) is 6.00. The van der Waals surface area contributed by atoms with E-state index in [0.717, 1.165) is 34.7 Å². The molecule has 3 aromatic rings. The number of nitrogens with one attached hydrogen (secondary N) is 2.